The fraction of sp³-hybridized carbons (Fsp3) is 0.312. The number of ether oxygens (including phenoxy) is 1. The molecule has 0 bridgehead atoms. The predicted molar refractivity (Wildman–Crippen MR) is 75.6 cm³/mol. The average Bonchev–Trinajstić information content (AvgIpc) is 3.06. The normalized spacial score (nSPS) is 21.3. The van der Waals surface area contributed by atoms with Crippen LogP contribution in [0, 0.1) is 11.8 Å². The molecule has 5 nitrogen and oxygen atoms in total. The van der Waals surface area contributed by atoms with Crippen molar-refractivity contribution in [2.24, 2.45) is 18.9 Å². The number of carbonyl (C=O) groups excluding carboxylic acids is 2. The highest BCUT2D eigenvalue weighted by molar-refractivity contribution is 6.09. The average molecular weight is 284 g/mol. The van der Waals surface area contributed by atoms with Gasteiger partial charge in [-0.05, 0) is 6.42 Å². The van der Waals surface area contributed by atoms with Crippen molar-refractivity contribution in [2.75, 3.05) is 6.61 Å². The summed E-state index contributed by atoms with van der Waals surface area (Å²) in [6.45, 7) is 0.285. The van der Waals surface area contributed by atoms with Crippen molar-refractivity contribution in [1.82, 2.24) is 9.55 Å². The lowest BCUT2D eigenvalue weighted by Gasteiger charge is -2.14. The van der Waals surface area contributed by atoms with Gasteiger partial charge in [0.15, 0.2) is 5.78 Å². The number of aryl methyl sites for hydroxylation is 1. The maximum atomic E-state index is 12.6. The van der Waals surface area contributed by atoms with Crippen LogP contribution in [0.2, 0.25) is 0 Å². The molecular formula is C16H16N2O3. The molecule has 2 atom stereocenters. The van der Waals surface area contributed by atoms with Crippen molar-refractivity contribution in [1.29, 1.82) is 0 Å². The summed E-state index contributed by atoms with van der Waals surface area (Å²) in [5, 5.41) is 0. The second-order valence-electron chi connectivity index (χ2n) is 5.30. The van der Waals surface area contributed by atoms with Crippen molar-refractivity contribution in [2.45, 2.75) is 6.42 Å². The molecule has 0 spiro atoms. The second kappa shape index (κ2) is 5.52. The minimum absolute atomic E-state index is 0.138. The third-order valence-electron chi connectivity index (χ3n) is 3.89. The number of aromatic nitrogens is 2. The molecule has 2 aromatic rings. The molecule has 0 amide bonds. The van der Waals surface area contributed by atoms with Gasteiger partial charge in [0.05, 0.1) is 12.9 Å². The highest BCUT2D eigenvalue weighted by atomic mass is 16.5. The molecule has 2 heterocycles. The number of esters is 1. The number of Topliss-reactive ketones (excluding diaryl/α,β-unsaturated/α-hetero) is 1. The molecule has 3 rings (SSSR count). The Kier molecular flexibility index (Phi) is 3.56. The molecule has 0 radical (unpaired) electrons. The Bertz CT molecular complexity index is 663. The van der Waals surface area contributed by atoms with Crippen LogP contribution in [-0.2, 0) is 23.0 Å². The molecule has 0 saturated carbocycles. The van der Waals surface area contributed by atoms with Gasteiger partial charge in [-0.3, -0.25) is 9.59 Å². The molecule has 21 heavy (non-hydrogen) atoms. The Labute approximate surface area is 122 Å². The van der Waals surface area contributed by atoms with Crippen molar-refractivity contribution >= 4 is 11.8 Å². The summed E-state index contributed by atoms with van der Waals surface area (Å²) in [5.41, 5.74) is 1.54. The van der Waals surface area contributed by atoms with Crippen molar-refractivity contribution in [3.05, 3.63) is 54.1 Å². The third kappa shape index (κ3) is 2.59. The number of carbonyl (C=O) groups is 2. The van der Waals surface area contributed by atoms with Crippen LogP contribution in [0.4, 0.5) is 0 Å². The zero-order valence-electron chi connectivity index (χ0n) is 11.7. The summed E-state index contributed by atoms with van der Waals surface area (Å²) in [5.74, 6) is -1.44. The molecule has 0 N–H and O–H groups in total. The zero-order chi connectivity index (χ0) is 14.8. The molecule has 1 aliphatic heterocycles. The SMILES string of the molecule is Cn1cncc1CC1COC(=O)C1C(=O)c1ccccc1. The van der Waals surface area contributed by atoms with Gasteiger partial charge in [-0.2, -0.15) is 0 Å². The Balaban J connectivity index is 1.83. The van der Waals surface area contributed by atoms with Gasteiger partial charge in [0.25, 0.3) is 0 Å². The van der Waals surface area contributed by atoms with E-state index in [-0.39, 0.29) is 18.3 Å². The first kappa shape index (κ1) is 13.5. The van der Waals surface area contributed by atoms with Crippen LogP contribution < -0.4 is 0 Å². The fourth-order valence-corrected chi connectivity index (χ4v) is 2.70. The Morgan fingerprint density at radius 1 is 1.38 bits per heavy atom. The predicted octanol–water partition coefficient (Wildman–Crippen LogP) is 1.63. The molecule has 1 aromatic heterocycles. The first-order chi connectivity index (χ1) is 10.2. The summed E-state index contributed by atoms with van der Waals surface area (Å²) < 4.78 is 7.02. The lowest BCUT2D eigenvalue weighted by Crippen LogP contribution is -2.27. The van der Waals surface area contributed by atoms with E-state index in [4.69, 9.17) is 4.74 Å². The molecule has 2 unspecified atom stereocenters. The number of ketones is 1. The van der Waals surface area contributed by atoms with Gasteiger partial charge >= 0.3 is 5.97 Å². The Hall–Kier alpha value is -2.43. The second-order valence-corrected chi connectivity index (χ2v) is 5.30. The van der Waals surface area contributed by atoms with Crippen LogP contribution in [0.25, 0.3) is 0 Å². The number of rotatable bonds is 4. The summed E-state index contributed by atoms with van der Waals surface area (Å²) in [4.78, 5) is 28.6. The van der Waals surface area contributed by atoms with Gasteiger partial charge in [-0.25, -0.2) is 4.98 Å². The summed E-state index contributed by atoms with van der Waals surface area (Å²) in [6, 6.07) is 8.90. The molecule has 1 aliphatic rings. The molecule has 1 aromatic carbocycles. The first-order valence-electron chi connectivity index (χ1n) is 6.88. The zero-order valence-corrected chi connectivity index (χ0v) is 11.7. The maximum Gasteiger partial charge on any atom is 0.317 e. The van der Waals surface area contributed by atoms with Gasteiger partial charge in [0.2, 0.25) is 0 Å². The van der Waals surface area contributed by atoms with E-state index in [9.17, 15) is 9.59 Å². The largest absolute Gasteiger partial charge is 0.465 e. The van der Waals surface area contributed by atoms with Crippen molar-refractivity contribution in [3.8, 4) is 0 Å². The summed E-state index contributed by atoms with van der Waals surface area (Å²) in [7, 11) is 1.90. The highest BCUT2D eigenvalue weighted by Crippen LogP contribution is 2.28. The van der Waals surface area contributed by atoms with Crippen LogP contribution in [0.5, 0.6) is 0 Å². The Morgan fingerprint density at radius 3 is 2.81 bits per heavy atom. The van der Waals surface area contributed by atoms with E-state index in [1.165, 1.54) is 0 Å². The third-order valence-corrected chi connectivity index (χ3v) is 3.89. The van der Waals surface area contributed by atoms with E-state index in [1.807, 2.05) is 17.7 Å². The Morgan fingerprint density at radius 2 is 2.14 bits per heavy atom. The van der Waals surface area contributed by atoms with E-state index in [0.717, 1.165) is 5.69 Å². The number of cyclic esters (lactones) is 1. The molecule has 0 aliphatic carbocycles. The molecule has 1 fully saturated rings. The smallest absolute Gasteiger partial charge is 0.317 e. The monoisotopic (exact) mass is 284 g/mol. The van der Waals surface area contributed by atoms with Crippen LogP contribution >= 0.6 is 0 Å². The fourth-order valence-electron chi connectivity index (χ4n) is 2.70. The summed E-state index contributed by atoms with van der Waals surface area (Å²) >= 11 is 0. The quantitative estimate of drug-likeness (QED) is 0.486. The van der Waals surface area contributed by atoms with E-state index < -0.39 is 11.9 Å². The number of benzene rings is 1. The maximum absolute atomic E-state index is 12.6. The topological polar surface area (TPSA) is 61.2 Å². The number of nitrogens with zero attached hydrogens (tertiary/aromatic N) is 2. The van der Waals surface area contributed by atoms with Crippen LogP contribution in [-0.4, -0.2) is 27.9 Å². The number of hydrogen-bond acceptors (Lipinski definition) is 4. The summed E-state index contributed by atoms with van der Waals surface area (Å²) in [6.07, 6.45) is 4.07. The lowest BCUT2D eigenvalue weighted by atomic mass is 9.85. The van der Waals surface area contributed by atoms with Gasteiger partial charge in [-0.15, -0.1) is 0 Å². The van der Waals surface area contributed by atoms with Gasteiger partial charge in [-0.1, -0.05) is 30.3 Å². The van der Waals surface area contributed by atoms with Gasteiger partial charge < -0.3 is 9.30 Å². The van der Waals surface area contributed by atoms with Crippen molar-refractivity contribution in [3.63, 3.8) is 0 Å². The number of imidazole rings is 1. The minimum Gasteiger partial charge on any atom is -0.465 e. The van der Waals surface area contributed by atoms with Gasteiger partial charge in [0.1, 0.15) is 5.92 Å². The molecule has 108 valence electrons. The first-order valence-corrected chi connectivity index (χ1v) is 6.88. The standard InChI is InChI=1S/C16H16N2O3/c1-18-10-17-8-13(18)7-12-9-21-16(20)14(12)15(19)11-5-3-2-4-6-11/h2-6,8,10,12,14H,7,9H2,1H3. The molecular weight excluding hydrogens is 268 g/mol. The van der Waals surface area contributed by atoms with Crippen LogP contribution in [0.15, 0.2) is 42.9 Å². The molecule has 5 heteroatoms. The van der Waals surface area contributed by atoms with Crippen molar-refractivity contribution < 1.29 is 14.3 Å². The number of hydrogen-bond donors (Lipinski definition) is 0. The van der Waals surface area contributed by atoms with Crippen LogP contribution in [0.3, 0.4) is 0 Å². The van der Waals surface area contributed by atoms with Gasteiger partial charge in [0, 0.05) is 30.4 Å². The van der Waals surface area contributed by atoms with E-state index in [0.29, 0.717) is 12.0 Å². The molecule has 1 saturated heterocycles. The van der Waals surface area contributed by atoms with Crippen LogP contribution in [0.1, 0.15) is 16.1 Å². The van der Waals surface area contributed by atoms with E-state index in [1.54, 1.807) is 36.8 Å². The highest BCUT2D eigenvalue weighted by Gasteiger charge is 2.42. The lowest BCUT2D eigenvalue weighted by molar-refractivity contribution is -0.140. The van der Waals surface area contributed by atoms with E-state index in [2.05, 4.69) is 4.98 Å². The van der Waals surface area contributed by atoms with E-state index >= 15 is 0 Å². The minimum atomic E-state index is -0.720.